The Bertz CT molecular complexity index is 474. The minimum atomic E-state index is 0.632. The Kier molecular flexibility index (Phi) is 3.06. The van der Waals surface area contributed by atoms with Crippen LogP contribution >= 0.6 is 11.6 Å². The lowest BCUT2D eigenvalue weighted by Gasteiger charge is -2.07. The van der Waals surface area contributed by atoms with Crippen molar-refractivity contribution in [3.8, 4) is 0 Å². The minimum absolute atomic E-state index is 0.632. The van der Waals surface area contributed by atoms with Crippen molar-refractivity contribution in [3.05, 3.63) is 46.9 Å². The van der Waals surface area contributed by atoms with Crippen LogP contribution in [0.3, 0.4) is 0 Å². The molecule has 82 valence electrons. The largest absolute Gasteiger partial charge is 0.340 e. The van der Waals surface area contributed by atoms with Gasteiger partial charge in [0, 0.05) is 23.3 Å². The number of nitrogens with zero attached hydrogens (tertiary/aromatic N) is 2. The Morgan fingerprint density at radius 1 is 1.12 bits per heavy atom. The number of hydrogen-bond donors (Lipinski definition) is 1. The highest BCUT2D eigenvalue weighted by atomic mass is 35.5. The maximum absolute atomic E-state index is 5.76. The van der Waals surface area contributed by atoms with E-state index in [0.29, 0.717) is 5.02 Å². The molecule has 0 bridgehead atoms. The number of hydrogen-bond acceptors (Lipinski definition) is 3. The summed E-state index contributed by atoms with van der Waals surface area (Å²) in [5.74, 6) is 0.773. The highest BCUT2D eigenvalue weighted by Gasteiger charge is 1.98. The van der Waals surface area contributed by atoms with E-state index in [9.17, 15) is 0 Å². The monoisotopic (exact) mass is 233 g/mol. The van der Waals surface area contributed by atoms with E-state index in [-0.39, 0.29) is 0 Å². The summed E-state index contributed by atoms with van der Waals surface area (Å²) < 4.78 is 0. The number of aryl methyl sites for hydroxylation is 2. The molecule has 0 aliphatic heterocycles. The average molecular weight is 234 g/mol. The zero-order valence-corrected chi connectivity index (χ0v) is 9.92. The fraction of sp³-hybridized carbons (Fsp3) is 0.167. The number of rotatable bonds is 2. The van der Waals surface area contributed by atoms with Gasteiger partial charge in [0.2, 0.25) is 0 Å². The number of halogens is 1. The van der Waals surface area contributed by atoms with Gasteiger partial charge in [0.05, 0.1) is 5.02 Å². The number of anilines is 2. The third-order valence-electron chi connectivity index (χ3n) is 2.08. The van der Waals surface area contributed by atoms with Crippen LogP contribution in [0.15, 0.2) is 30.5 Å². The maximum Gasteiger partial charge on any atom is 0.130 e. The molecule has 0 unspecified atom stereocenters. The first-order chi connectivity index (χ1) is 7.63. The van der Waals surface area contributed by atoms with Crippen molar-refractivity contribution in [1.29, 1.82) is 0 Å². The molecule has 2 rings (SSSR count). The van der Waals surface area contributed by atoms with Crippen LogP contribution in [-0.4, -0.2) is 9.97 Å². The van der Waals surface area contributed by atoms with Crippen LogP contribution < -0.4 is 5.32 Å². The Morgan fingerprint density at radius 3 is 2.38 bits per heavy atom. The molecule has 0 saturated carbocycles. The van der Waals surface area contributed by atoms with Crippen molar-refractivity contribution in [3.63, 3.8) is 0 Å². The number of pyridine rings is 2. The van der Waals surface area contributed by atoms with E-state index in [1.807, 2.05) is 32.0 Å². The predicted molar refractivity (Wildman–Crippen MR) is 66.2 cm³/mol. The highest BCUT2D eigenvalue weighted by molar-refractivity contribution is 6.30. The van der Waals surface area contributed by atoms with Crippen molar-refractivity contribution in [2.24, 2.45) is 0 Å². The average Bonchev–Trinajstić information content (AvgIpc) is 2.20. The molecule has 0 fully saturated rings. The molecule has 3 nitrogen and oxygen atoms in total. The molecule has 16 heavy (non-hydrogen) atoms. The van der Waals surface area contributed by atoms with Crippen molar-refractivity contribution in [2.75, 3.05) is 5.32 Å². The van der Waals surface area contributed by atoms with Crippen molar-refractivity contribution >= 4 is 23.1 Å². The van der Waals surface area contributed by atoms with E-state index in [2.05, 4.69) is 15.3 Å². The molecule has 0 atom stereocenters. The lowest BCUT2D eigenvalue weighted by Crippen LogP contribution is -1.95. The molecule has 0 spiro atoms. The van der Waals surface area contributed by atoms with Crippen LogP contribution in [0, 0.1) is 13.8 Å². The molecule has 4 heteroatoms. The molecule has 1 N–H and O–H groups in total. The summed E-state index contributed by atoms with van der Waals surface area (Å²) in [5.41, 5.74) is 2.95. The highest BCUT2D eigenvalue weighted by Crippen LogP contribution is 2.17. The molecular formula is C12H12ClN3. The Morgan fingerprint density at radius 2 is 1.81 bits per heavy atom. The quantitative estimate of drug-likeness (QED) is 0.863. The zero-order valence-electron chi connectivity index (χ0n) is 9.16. The summed E-state index contributed by atoms with van der Waals surface area (Å²) in [5, 5.41) is 3.84. The fourth-order valence-corrected chi connectivity index (χ4v) is 1.62. The maximum atomic E-state index is 5.76. The SMILES string of the molecule is Cc1cc(Nc2ccc(Cl)cn2)cc(C)n1. The van der Waals surface area contributed by atoms with Gasteiger partial charge in [-0.3, -0.25) is 4.98 Å². The Balaban J connectivity index is 2.23. The Hall–Kier alpha value is -1.61. The molecule has 2 aromatic rings. The molecule has 0 radical (unpaired) electrons. The lowest BCUT2D eigenvalue weighted by atomic mass is 10.3. The van der Waals surface area contributed by atoms with E-state index in [1.54, 1.807) is 12.3 Å². The summed E-state index contributed by atoms with van der Waals surface area (Å²) >= 11 is 5.76. The van der Waals surface area contributed by atoms with Crippen molar-refractivity contribution in [1.82, 2.24) is 9.97 Å². The van der Waals surface area contributed by atoms with Crippen LogP contribution in [0.4, 0.5) is 11.5 Å². The first-order valence-corrected chi connectivity index (χ1v) is 5.35. The van der Waals surface area contributed by atoms with Gasteiger partial charge in [-0.2, -0.15) is 0 Å². The molecule has 2 heterocycles. The van der Waals surface area contributed by atoms with E-state index >= 15 is 0 Å². The summed E-state index contributed by atoms with van der Waals surface area (Å²) in [7, 11) is 0. The molecule has 0 aliphatic carbocycles. The topological polar surface area (TPSA) is 37.8 Å². The van der Waals surface area contributed by atoms with Gasteiger partial charge in [0.15, 0.2) is 0 Å². The summed E-state index contributed by atoms with van der Waals surface area (Å²) in [4.78, 5) is 8.48. The standard InChI is InChI=1S/C12H12ClN3/c1-8-5-11(6-9(2)15-8)16-12-4-3-10(13)7-14-12/h3-7H,1-2H3,(H,14,15,16). The van der Waals surface area contributed by atoms with Gasteiger partial charge in [-0.1, -0.05) is 11.6 Å². The van der Waals surface area contributed by atoms with Gasteiger partial charge in [-0.15, -0.1) is 0 Å². The minimum Gasteiger partial charge on any atom is -0.340 e. The normalized spacial score (nSPS) is 10.2. The first kappa shape index (κ1) is 10.9. The predicted octanol–water partition coefficient (Wildman–Crippen LogP) is 3.49. The van der Waals surface area contributed by atoms with Gasteiger partial charge in [-0.25, -0.2) is 4.98 Å². The van der Waals surface area contributed by atoms with E-state index in [1.165, 1.54) is 0 Å². The van der Waals surface area contributed by atoms with E-state index in [0.717, 1.165) is 22.9 Å². The van der Waals surface area contributed by atoms with Crippen LogP contribution in [0.1, 0.15) is 11.4 Å². The molecule has 0 amide bonds. The third-order valence-corrected chi connectivity index (χ3v) is 2.30. The van der Waals surface area contributed by atoms with Crippen LogP contribution in [-0.2, 0) is 0 Å². The van der Waals surface area contributed by atoms with Crippen molar-refractivity contribution in [2.45, 2.75) is 13.8 Å². The summed E-state index contributed by atoms with van der Waals surface area (Å²) in [6.07, 6.45) is 1.62. The molecule has 0 aromatic carbocycles. The lowest BCUT2D eigenvalue weighted by molar-refractivity contribution is 1.12. The smallest absolute Gasteiger partial charge is 0.130 e. The second-order valence-corrected chi connectivity index (χ2v) is 4.06. The van der Waals surface area contributed by atoms with Gasteiger partial charge in [0.1, 0.15) is 5.82 Å². The van der Waals surface area contributed by atoms with Crippen LogP contribution in [0.5, 0.6) is 0 Å². The molecule has 2 aromatic heterocycles. The zero-order chi connectivity index (χ0) is 11.5. The van der Waals surface area contributed by atoms with E-state index < -0.39 is 0 Å². The molecule has 0 saturated heterocycles. The van der Waals surface area contributed by atoms with Gasteiger partial charge < -0.3 is 5.32 Å². The van der Waals surface area contributed by atoms with Crippen LogP contribution in [0.2, 0.25) is 5.02 Å². The summed E-state index contributed by atoms with van der Waals surface area (Å²) in [6, 6.07) is 7.60. The fourth-order valence-electron chi connectivity index (χ4n) is 1.50. The van der Waals surface area contributed by atoms with Gasteiger partial charge in [0.25, 0.3) is 0 Å². The van der Waals surface area contributed by atoms with Gasteiger partial charge >= 0.3 is 0 Å². The van der Waals surface area contributed by atoms with E-state index in [4.69, 9.17) is 11.6 Å². The second kappa shape index (κ2) is 4.49. The van der Waals surface area contributed by atoms with Crippen LogP contribution in [0.25, 0.3) is 0 Å². The Labute approximate surface area is 99.5 Å². The number of nitrogens with one attached hydrogen (secondary N) is 1. The third kappa shape index (κ3) is 2.70. The first-order valence-electron chi connectivity index (χ1n) is 4.97. The summed E-state index contributed by atoms with van der Waals surface area (Å²) in [6.45, 7) is 3.93. The number of aromatic nitrogens is 2. The molecular weight excluding hydrogens is 222 g/mol. The van der Waals surface area contributed by atoms with Crippen molar-refractivity contribution < 1.29 is 0 Å². The second-order valence-electron chi connectivity index (χ2n) is 3.63. The molecule has 0 aliphatic rings. The van der Waals surface area contributed by atoms with Gasteiger partial charge in [-0.05, 0) is 38.1 Å².